The van der Waals surface area contributed by atoms with Gasteiger partial charge < -0.3 is 5.32 Å². The molecule has 0 radical (unpaired) electrons. The van der Waals surface area contributed by atoms with Gasteiger partial charge in [0, 0.05) is 30.9 Å². The molecule has 21 heavy (non-hydrogen) atoms. The maximum atomic E-state index is 11.3. The fourth-order valence-electron chi connectivity index (χ4n) is 1.93. The van der Waals surface area contributed by atoms with Crippen LogP contribution in [0, 0.1) is 0 Å². The normalized spacial score (nSPS) is 12.0. The van der Waals surface area contributed by atoms with Crippen LogP contribution in [0.5, 0.6) is 0 Å². The van der Waals surface area contributed by atoms with Gasteiger partial charge in [0.15, 0.2) is 0 Å². The van der Waals surface area contributed by atoms with E-state index >= 15 is 0 Å². The lowest BCUT2D eigenvalue weighted by Gasteiger charge is -2.06. The lowest BCUT2D eigenvalue weighted by molar-refractivity contribution is 0.531. The summed E-state index contributed by atoms with van der Waals surface area (Å²) in [5.74, 6) is 0. The molecular weight excluding hydrogens is 288 g/mol. The maximum Gasteiger partial charge on any atom is 0.238 e. The maximum absolute atomic E-state index is 11.3. The molecule has 2 aromatic rings. The van der Waals surface area contributed by atoms with E-state index in [-0.39, 0.29) is 4.90 Å². The topological polar surface area (TPSA) is 90.0 Å². The molecule has 1 aromatic carbocycles. The molecule has 1 aromatic heterocycles. The lowest BCUT2D eigenvalue weighted by Crippen LogP contribution is -2.15. The van der Waals surface area contributed by atoms with Crippen molar-refractivity contribution in [3.8, 4) is 0 Å². The first kappa shape index (κ1) is 15.7. The Labute approximate surface area is 125 Å². The van der Waals surface area contributed by atoms with E-state index in [0.29, 0.717) is 19.1 Å². The molecule has 0 unspecified atom stereocenters. The van der Waals surface area contributed by atoms with E-state index in [0.717, 1.165) is 11.1 Å². The number of hydrogen-bond donors (Lipinski definition) is 2. The summed E-state index contributed by atoms with van der Waals surface area (Å²) in [5.41, 5.74) is 1.96. The second-order valence-electron chi connectivity index (χ2n) is 5.22. The predicted octanol–water partition coefficient (Wildman–Crippen LogP) is 1.40. The largest absolute Gasteiger partial charge is 0.309 e. The second kappa shape index (κ2) is 6.38. The van der Waals surface area contributed by atoms with Crippen LogP contribution in [0.15, 0.2) is 41.6 Å². The van der Waals surface area contributed by atoms with Gasteiger partial charge in [0.2, 0.25) is 10.0 Å². The molecule has 0 spiro atoms. The first-order chi connectivity index (χ1) is 9.86. The van der Waals surface area contributed by atoms with Crippen LogP contribution < -0.4 is 10.5 Å². The van der Waals surface area contributed by atoms with Crippen LogP contribution in [0.25, 0.3) is 0 Å². The van der Waals surface area contributed by atoms with Gasteiger partial charge in [-0.15, -0.1) is 0 Å². The van der Waals surface area contributed by atoms with Gasteiger partial charge in [0.05, 0.1) is 11.1 Å². The van der Waals surface area contributed by atoms with Gasteiger partial charge in [-0.05, 0) is 31.5 Å². The summed E-state index contributed by atoms with van der Waals surface area (Å²) in [6.45, 7) is 5.38. The van der Waals surface area contributed by atoms with Crippen LogP contribution in [0.2, 0.25) is 0 Å². The molecule has 0 saturated carbocycles. The van der Waals surface area contributed by atoms with E-state index in [1.165, 1.54) is 6.07 Å². The Balaban J connectivity index is 1.94. The highest BCUT2D eigenvalue weighted by atomic mass is 32.2. The smallest absolute Gasteiger partial charge is 0.238 e. The lowest BCUT2D eigenvalue weighted by atomic mass is 10.2. The predicted molar refractivity (Wildman–Crippen MR) is 81.0 cm³/mol. The van der Waals surface area contributed by atoms with Crippen LogP contribution in [0.3, 0.4) is 0 Å². The van der Waals surface area contributed by atoms with Crippen LogP contribution in [0.4, 0.5) is 0 Å². The van der Waals surface area contributed by atoms with E-state index in [1.54, 1.807) is 12.1 Å². The van der Waals surface area contributed by atoms with Gasteiger partial charge >= 0.3 is 0 Å². The number of nitrogens with zero attached hydrogens (tertiary/aromatic N) is 2. The number of hydrogen-bond acceptors (Lipinski definition) is 4. The Morgan fingerprint density at radius 1 is 1.29 bits per heavy atom. The van der Waals surface area contributed by atoms with Crippen molar-refractivity contribution in [3.63, 3.8) is 0 Å². The van der Waals surface area contributed by atoms with Crippen LogP contribution in [-0.4, -0.2) is 18.2 Å². The molecule has 0 saturated heterocycles. The van der Waals surface area contributed by atoms with Gasteiger partial charge in [-0.25, -0.2) is 13.6 Å². The highest BCUT2D eigenvalue weighted by Gasteiger charge is 2.07. The van der Waals surface area contributed by atoms with Crippen molar-refractivity contribution in [2.24, 2.45) is 5.14 Å². The Hall–Kier alpha value is -1.70. The molecule has 0 atom stereocenters. The number of nitrogens with one attached hydrogen (secondary N) is 1. The van der Waals surface area contributed by atoms with Crippen LogP contribution in [0.1, 0.15) is 31.0 Å². The molecule has 114 valence electrons. The summed E-state index contributed by atoms with van der Waals surface area (Å²) in [7, 11) is -3.65. The fourth-order valence-corrected chi connectivity index (χ4v) is 2.52. The summed E-state index contributed by atoms with van der Waals surface area (Å²) in [5, 5.41) is 12.6. The van der Waals surface area contributed by atoms with Crippen LogP contribution in [-0.2, 0) is 23.1 Å². The van der Waals surface area contributed by atoms with E-state index in [1.807, 2.05) is 23.1 Å². The third-order valence-corrected chi connectivity index (χ3v) is 3.98. The SMILES string of the molecule is CC(C)n1cc(CNCc2cccc(S(N)(=O)=O)c2)cn1. The molecule has 0 aliphatic heterocycles. The number of aromatic nitrogens is 2. The second-order valence-corrected chi connectivity index (χ2v) is 6.78. The van der Waals surface area contributed by atoms with Gasteiger partial charge in [-0.2, -0.15) is 5.10 Å². The third kappa shape index (κ3) is 4.38. The molecule has 0 amide bonds. The molecule has 3 N–H and O–H groups in total. The number of benzene rings is 1. The Bertz CT molecular complexity index is 707. The minimum atomic E-state index is -3.65. The Morgan fingerprint density at radius 3 is 2.62 bits per heavy atom. The summed E-state index contributed by atoms with van der Waals surface area (Å²) in [6, 6.07) is 6.96. The molecule has 0 aliphatic rings. The summed E-state index contributed by atoms with van der Waals surface area (Å²) < 4.78 is 24.5. The molecular formula is C14H20N4O2S. The van der Waals surface area contributed by atoms with E-state index in [4.69, 9.17) is 5.14 Å². The minimum Gasteiger partial charge on any atom is -0.309 e. The minimum absolute atomic E-state index is 0.134. The Morgan fingerprint density at radius 2 is 2.00 bits per heavy atom. The quantitative estimate of drug-likeness (QED) is 0.844. The molecule has 6 nitrogen and oxygen atoms in total. The van der Waals surface area contributed by atoms with Crippen LogP contribution >= 0.6 is 0 Å². The van der Waals surface area contributed by atoms with E-state index < -0.39 is 10.0 Å². The number of rotatable bonds is 6. The first-order valence-electron chi connectivity index (χ1n) is 6.72. The zero-order valence-electron chi connectivity index (χ0n) is 12.2. The fraction of sp³-hybridized carbons (Fsp3) is 0.357. The highest BCUT2D eigenvalue weighted by molar-refractivity contribution is 7.89. The molecule has 0 fully saturated rings. The van der Waals surface area contributed by atoms with E-state index in [2.05, 4.69) is 24.3 Å². The van der Waals surface area contributed by atoms with Crippen molar-refractivity contribution in [1.29, 1.82) is 0 Å². The summed E-state index contributed by atoms with van der Waals surface area (Å²) in [4.78, 5) is 0.134. The van der Waals surface area contributed by atoms with Gasteiger partial charge in [-0.3, -0.25) is 4.68 Å². The molecule has 7 heteroatoms. The summed E-state index contributed by atoms with van der Waals surface area (Å²) in [6.07, 6.45) is 3.83. The van der Waals surface area contributed by atoms with E-state index in [9.17, 15) is 8.42 Å². The van der Waals surface area contributed by atoms with Crippen molar-refractivity contribution in [2.45, 2.75) is 37.9 Å². The Kier molecular flexibility index (Phi) is 4.76. The standard InChI is InChI=1S/C14H20N4O2S/c1-11(2)18-10-13(9-17-18)8-16-7-12-4-3-5-14(6-12)21(15,19)20/h3-6,9-11,16H,7-8H2,1-2H3,(H2,15,19,20). The highest BCUT2D eigenvalue weighted by Crippen LogP contribution is 2.10. The zero-order valence-corrected chi connectivity index (χ0v) is 13.0. The van der Waals surface area contributed by atoms with Gasteiger partial charge in [-0.1, -0.05) is 12.1 Å². The average Bonchev–Trinajstić information content (AvgIpc) is 2.87. The third-order valence-electron chi connectivity index (χ3n) is 3.07. The van der Waals surface area contributed by atoms with Crippen molar-refractivity contribution in [1.82, 2.24) is 15.1 Å². The molecule has 2 rings (SSSR count). The molecule has 1 heterocycles. The number of nitrogens with two attached hydrogens (primary N) is 1. The summed E-state index contributed by atoms with van der Waals surface area (Å²) >= 11 is 0. The van der Waals surface area contributed by atoms with Crippen molar-refractivity contribution < 1.29 is 8.42 Å². The zero-order chi connectivity index (χ0) is 15.5. The monoisotopic (exact) mass is 308 g/mol. The van der Waals surface area contributed by atoms with Crippen molar-refractivity contribution >= 4 is 10.0 Å². The van der Waals surface area contributed by atoms with Crippen molar-refractivity contribution in [3.05, 3.63) is 47.8 Å². The van der Waals surface area contributed by atoms with Gasteiger partial charge in [0.1, 0.15) is 0 Å². The first-order valence-corrected chi connectivity index (χ1v) is 8.26. The van der Waals surface area contributed by atoms with Crippen molar-refractivity contribution in [2.75, 3.05) is 0 Å². The number of primary sulfonamides is 1. The number of sulfonamides is 1. The molecule has 0 aliphatic carbocycles. The van der Waals surface area contributed by atoms with Gasteiger partial charge in [0.25, 0.3) is 0 Å². The average molecular weight is 308 g/mol. The molecule has 0 bridgehead atoms.